The van der Waals surface area contributed by atoms with Gasteiger partial charge in [-0.1, -0.05) is 6.92 Å². The molecule has 0 aromatic heterocycles. The van der Waals surface area contributed by atoms with Crippen LogP contribution in [0.2, 0.25) is 0 Å². The fraction of sp³-hybridized carbons (Fsp3) is 1.00. The third-order valence-corrected chi connectivity index (χ3v) is 5.49. The molecular formula is C15H29N3. The molecule has 3 nitrogen and oxygen atoms in total. The Bertz CT molecular complexity index is 289. The van der Waals surface area contributed by atoms with Crippen molar-refractivity contribution in [3.05, 3.63) is 0 Å². The number of hydrogen-bond donors (Lipinski definition) is 1. The molecule has 0 aromatic carbocycles. The van der Waals surface area contributed by atoms with Gasteiger partial charge in [-0.3, -0.25) is 9.80 Å². The highest BCUT2D eigenvalue weighted by atomic mass is 15.3. The van der Waals surface area contributed by atoms with Crippen molar-refractivity contribution in [2.45, 2.75) is 57.0 Å². The van der Waals surface area contributed by atoms with Gasteiger partial charge in [-0.05, 0) is 57.5 Å². The van der Waals surface area contributed by atoms with Gasteiger partial charge < -0.3 is 5.73 Å². The Hall–Kier alpha value is -0.120. The van der Waals surface area contributed by atoms with E-state index in [4.69, 9.17) is 5.73 Å². The van der Waals surface area contributed by atoms with Crippen molar-refractivity contribution in [3.8, 4) is 0 Å². The maximum Gasteiger partial charge on any atom is 0.0470 e. The lowest BCUT2D eigenvalue weighted by atomic mass is 9.95. The maximum atomic E-state index is 6.20. The van der Waals surface area contributed by atoms with Crippen LogP contribution in [0.25, 0.3) is 0 Å². The summed E-state index contributed by atoms with van der Waals surface area (Å²) in [7, 11) is 0. The highest BCUT2D eigenvalue weighted by molar-refractivity contribution is 5.04. The fourth-order valence-electron chi connectivity index (χ4n) is 3.93. The molecule has 0 bridgehead atoms. The van der Waals surface area contributed by atoms with Crippen LogP contribution in [0.4, 0.5) is 0 Å². The zero-order valence-corrected chi connectivity index (χ0v) is 11.9. The van der Waals surface area contributed by atoms with Gasteiger partial charge in [-0.2, -0.15) is 0 Å². The van der Waals surface area contributed by atoms with Crippen LogP contribution in [0.5, 0.6) is 0 Å². The number of hydrogen-bond acceptors (Lipinski definition) is 3. The topological polar surface area (TPSA) is 32.5 Å². The molecule has 2 heterocycles. The summed E-state index contributed by atoms with van der Waals surface area (Å²) in [6, 6.07) is 0.907. The number of rotatable bonds is 3. The van der Waals surface area contributed by atoms with Gasteiger partial charge in [0.15, 0.2) is 0 Å². The summed E-state index contributed by atoms with van der Waals surface area (Å²) in [5.74, 6) is 0.908. The zero-order chi connectivity index (χ0) is 12.6. The van der Waals surface area contributed by atoms with Gasteiger partial charge in [0.2, 0.25) is 0 Å². The molecule has 3 heteroatoms. The molecule has 2 atom stereocenters. The molecule has 2 aliphatic heterocycles. The first-order valence-corrected chi connectivity index (χ1v) is 7.93. The molecule has 2 unspecified atom stereocenters. The van der Waals surface area contributed by atoms with E-state index >= 15 is 0 Å². The van der Waals surface area contributed by atoms with Crippen LogP contribution in [0.3, 0.4) is 0 Å². The standard InChI is InChI=1S/C15H29N3/c1-13-3-2-8-18(9-6-13)15(11-16)7-10-17(12-15)14-4-5-14/h13-14H,2-12,16H2,1H3. The monoisotopic (exact) mass is 251 g/mol. The van der Waals surface area contributed by atoms with Crippen molar-refractivity contribution in [2.75, 3.05) is 32.7 Å². The fourth-order valence-corrected chi connectivity index (χ4v) is 3.93. The van der Waals surface area contributed by atoms with Gasteiger partial charge in [0.05, 0.1) is 0 Å². The normalized spacial score (nSPS) is 40.0. The van der Waals surface area contributed by atoms with E-state index in [1.165, 1.54) is 64.7 Å². The summed E-state index contributed by atoms with van der Waals surface area (Å²) in [5, 5.41) is 0. The van der Waals surface area contributed by atoms with Gasteiger partial charge in [0, 0.05) is 31.2 Å². The van der Waals surface area contributed by atoms with Crippen LogP contribution >= 0.6 is 0 Å². The smallest absolute Gasteiger partial charge is 0.0470 e. The Morgan fingerprint density at radius 2 is 1.94 bits per heavy atom. The maximum absolute atomic E-state index is 6.20. The summed E-state index contributed by atoms with van der Waals surface area (Å²) in [5.41, 5.74) is 6.51. The van der Waals surface area contributed by atoms with Crippen LogP contribution in [0.1, 0.15) is 45.4 Å². The molecule has 3 aliphatic rings. The van der Waals surface area contributed by atoms with Crippen LogP contribution < -0.4 is 5.73 Å². The van der Waals surface area contributed by atoms with E-state index in [0.29, 0.717) is 5.54 Å². The molecule has 2 saturated heterocycles. The van der Waals surface area contributed by atoms with Crippen molar-refractivity contribution in [3.63, 3.8) is 0 Å². The van der Waals surface area contributed by atoms with Crippen LogP contribution in [0.15, 0.2) is 0 Å². The van der Waals surface area contributed by atoms with Crippen LogP contribution in [0, 0.1) is 5.92 Å². The highest BCUT2D eigenvalue weighted by Gasteiger charge is 2.45. The van der Waals surface area contributed by atoms with Crippen LogP contribution in [-0.2, 0) is 0 Å². The summed E-state index contributed by atoms with van der Waals surface area (Å²) >= 11 is 0. The van der Waals surface area contributed by atoms with Crippen molar-refractivity contribution in [1.29, 1.82) is 0 Å². The van der Waals surface area contributed by atoms with Gasteiger partial charge in [-0.15, -0.1) is 0 Å². The molecule has 3 fully saturated rings. The summed E-state index contributed by atoms with van der Waals surface area (Å²) in [6.07, 6.45) is 8.30. The Morgan fingerprint density at radius 1 is 1.11 bits per heavy atom. The van der Waals surface area contributed by atoms with Gasteiger partial charge in [0.1, 0.15) is 0 Å². The molecule has 0 radical (unpaired) electrons. The van der Waals surface area contributed by atoms with Crippen molar-refractivity contribution < 1.29 is 0 Å². The van der Waals surface area contributed by atoms with E-state index in [2.05, 4.69) is 16.7 Å². The predicted octanol–water partition coefficient (Wildman–Crippen LogP) is 1.67. The first-order chi connectivity index (χ1) is 8.73. The quantitative estimate of drug-likeness (QED) is 0.828. The van der Waals surface area contributed by atoms with Crippen molar-refractivity contribution in [2.24, 2.45) is 11.7 Å². The van der Waals surface area contributed by atoms with Gasteiger partial charge in [-0.25, -0.2) is 0 Å². The summed E-state index contributed by atoms with van der Waals surface area (Å²) < 4.78 is 0. The highest BCUT2D eigenvalue weighted by Crippen LogP contribution is 2.36. The lowest BCUT2D eigenvalue weighted by molar-refractivity contribution is 0.100. The summed E-state index contributed by atoms with van der Waals surface area (Å²) in [4.78, 5) is 5.46. The third kappa shape index (κ3) is 2.45. The minimum Gasteiger partial charge on any atom is -0.329 e. The number of nitrogens with zero attached hydrogens (tertiary/aromatic N) is 2. The van der Waals surface area contributed by atoms with E-state index in [0.717, 1.165) is 18.5 Å². The molecular weight excluding hydrogens is 222 g/mol. The zero-order valence-electron chi connectivity index (χ0n) is 11.9. The largest absolute Gasteiger partial charge is 0.329 e. The average Bonchev–Trinajstić information content (AvgIpc) is 3.17. The molecule has 0 amide bonds. The van der Waals surface area contributed by atoms with Crippen molar-refractivity contribution >= 4 is 0 Å². The molecule has 0 aromatic rings. The van der Waals surface area contributed by atoms with E-state index in [1.54, 1.807) is 0 Å². The summed E-state index contributed by atoms with van der Waals surface area (Å²) in [6.45, 7) is 8.34. The minimum atomic E-state index is 0.312. The predicted molar refractivity (Wildman–Crippen MR) is 75.6 cm³/mol. The molecule has 104 valence electrons. The van der Waals surface area contributed by atoms with E-state index < -0.39 is 0 Å². The SMILES string of the molecule is CC1CCCN(C2(CN)CCN(C3CC3)C2)CC1. The Balaban J connectivity index is 1.66. The Kier molecular flexibility index (Phi) is 3.65. The third-order valence-electron chi connectivity index (χ3n) is 5.49. The number of likely N-dealkylation sites (tertiary alicyclic amines) is 2. The Labute approximate surface area is 112 Å². The van der Waals surface area contributed by atoms with Crippen LogP contribution in [-0.4, -0.2) is 54.1 Å². The Morgan fingerprint density at radius 3 is 2.67 bits per heavy atom. The molecule has 3 rings (SSSR count). The lowest BCUT2D eigenvalue weighted by Gasteiger charge is -2.40. The molecule has 0 spiro atoms. The minimum absolute atomic E-state index is 0.312. The second-order valence-electron chi connectivity index (χ2n) is 6.90. The molecule has 18 heavy (non-hydrogen) atoms. The van der Waals surface area contributed by atoms with Crippen molar-refractivity contribution in [1.82, 2.24) is 9.80 Å². The van der Waals surface area contributed by atoms with E-state index in [-0.39, 0.29) is 0 Å². The first-order valence-electron chi connectivity index (χ1n) is 7.93. The number of nitrogens with two attached hydrogens (primary N) is 1. The lowest BCUT2D eigenvalue weighted by Crippen LogP contribution is -2.56. The van der Waals surface area contributed by atoms with Gasteiger partial charge in [0.25, 0.3) is 0 Å². The second kappa shape index (κ2) is 5.10. The molecule has 1 saturated carbocycles. The average molecular weight is 251 g/mol. The van der Waals surface area contributed by atoms with E-state index in [9.17, 15) is 0 Å². The molecule has 2 N–H and O–H groups in total. The van der Waals surface area contributed by atoms with E-state index in [1.807, 2.05) is 0 Å². The van der Waals surface area contributed by atoms with Gasteiger partial charge >= 0.3 is 0 Å². The second-order valence-corrected chi connectivity index (χ2v) is 6.90. The first kappa shape index (κ1) is 12.9. The molecule has 1 aliphatic carbocycles.